The van der Waals surface area contributed by atoms with Gasteiger partial charge in [-0.05, 0) is 43.5 Å². The first-order valence-electron chi connectivity index (χ1n) is 13.1. The Morgan fingerprint density at radius 3 is 1.90 bits per heavy atom. The van der Waals surface area contributed by atoms with Gasteiger partial charge in [-0.15, -0.1) is 0 Å². The molecule has 0 bridgehead atoms. The highest BCUT2D eigenvalue weighted by atomic mass is 35.5. The van der Waals surface area contributed by atoms with E-state index in [-0.39, 0.29) is 5.02 Å². The number of nitrogens with two attached hydrogens (primary N) is 1. The van der Waals surface area contributed by atoms with E-state index in [1.54, 1.807) is 52.1 Å². The van der Waals surface area contributed by atoms with E-state index >= 15 is 0 Å². The van der Waals surface area contributed by atoms with E-state index in [0.717, 1.165) is 29.0 Å². The Hall–Kier alpha value is -4.19. The molecule has 216 valence electrons. The van der Waals surface area contributed by atoms with Gasteiger partial charge in [0, 0.05) is 53.6 Å². The van der Waals surface area contributed by atoms with Crippen molar-refractivity contribution in [3.8, 4) is 28.4 Å². The topological polar surface area (TPSA) is 121 Å². The predicted molar refractivity (Wildman–Crippen MR) is 160 cm³/mol. The van der Waals surface area contributed by atoms with Crippen molar-refractivity contribution in [2.24, 2.45) is 11.7 Å². The molecule has 0 fully saturated rings. The fraction of sp³-hybridized carbons (Fsp3) is 0.241. The van der Waals surface area contributed by atoms with E-state index in [1.807, 2.05) is 25.1 Å². The summed E-state index contributed by atoms with van der Waals surface area (Å²) in [7, 11) is 0. The van der Waals surface area contributed by atoms with Crippen LogP contribution in [0.15, 0.2) is 73.6 Å². The van der Waals surface area contributed by atoms with Gasteiger partial charge in [0.25, 0.3) is 0 Å². The lowest BCUT2D eigenvalue weighted by Gasteiger charge is -2.26. The maximum atomic E-state index is 13.0. The number of hydrogen-bond donors (Lipinski definition) is 1. The van der Waals surface area contributed by atoms with Crippen LogP contribution in [0.4, 0.5) is 4.39 Å². The molecular weight excluding hydrogens is 580 g/mol. The maximum Gasteiger partial charge on any atom is 0.232 e. The number of ether oxygens (including phenoxy) is 1. The normalized spacial score (nSPS) is 12.8. The fourth-order valence-corrected chi connectivity index (χ4v) is 4.95. The molecule has 0 saturated carbocycles. The standard InChI is InChI=1S/C18H22ClN5O.C11H6ClFN4/c1-12(2)9-18(3,20)11-25-17-14(19)8-13(10-22-17)15-4-6-21-16-5-7-23-24(15)16;12-8-5-7(6-15-11(8)13)9-1-3-14-10-2-4-16-17(9)10/h4-8,10,12H,9,11,20H2,1-3H3;1-6H/t18-;/m1./s1. The average molecular weight is 609 g/mol. The molecule has 6 aromatic heterocycles. The van der Waals surface area contributed by atoms with Crippen LogP contribution in [0.3, 0.4) is 0 Å². The van der Waals surface area contributed by atoms with Crippen LogP contribution in [0.1, 0.15) is 27.2 Å². The minimum Gasteiger partial charge on any atom is -0.475 e. The van der Waals surface area contributed by atoms with Crippen LogP contribution in [0.2, 0.25) is 10.0 Å². The zero-order valence-electron chi connectivity index (χ0n) is 23.1. The van der Waals surface area contributed by atoms with E-state index in [9.17, 15) is 4.39 Å². The van der Waals surface area contributed by atoms with Gasteiger partial charge in [0.05, 0.1) is 28.8 Å². The van der Waals surface area contributed by atoms with E-state index in [1.165, 1.54) is 12.3 Å². The molecule has 0 spiro atoms. The van der Waals surface area contributed by atoms with Crippen LogP contribution in [-0.4, -0.2) is 51.3 Å². The maximum absolute atomic E-state index is 13.0. The number of pyridine rings is 2. The number of aromatic nitrogens is 8. The van der Waals surface area contributed by atoms with Crippen molar-refractivity contribution in [2.75, 3.05) is 6.61 Å². The molecule has 0 saturated heterocycles. The predicted octanol–water partition coefficient (Wildman–Crippen LogP) is 6.17. The molecule has 0 aliphatic rings. The SMILES string of the molecule is CC(C)C[C@@](C)(N)COc1ncc(-c2ccnc3ccnn23)cc1Cl.Fc1ncc(-c2ccnc3ccnn23)cc1Cl. The Kier molecular flexibility index (Phi) is 8.62. The zero-order chi connectivity index (χ0) is 29.9. The third kappa shape index (κ3) is 6.64. The quantitative estimate of drug-likeness (QED) is 0.214. The summed E-state index contributed by atoms with van der Waals surface area (Å²) in [4.78, 5) is 16.3. The van der Waals surface area contributed by atoms with Gasteiger partial charge < -0.3 is 10.5 Å². The summed E-state index contributed by atoms with van der Waals surface area (Å²) in [5.41, 5.74) is 10.5. The molecule has 6 heterocycles. The van der Waals surface area contributed by atoms with Gasteiger partial charge in [-0.2, -0.15) is 14.6 Å². The molecule has 0 unspecified atom stereocenters. The second-order valence-electron chi connectivity index (χ2n) is 10.4. The lowest BCUT2D eigenvalue weighted by Crippen LogP contribution is -2.43. The largest absolute Gasteiger partial charge is 0.475 e. The van der Waals surface area contributed by atoms with Crippen LogP contribution in [0.5, 0.6) is 5.88 Å². The van der Waals surface area contributed by atoms with Crippen molar-refractivity contribution in [2.45, 2.75) is 32.7 Å². The number of hydrogen-bond acceptors (Lipinski definition) is 8. The molecule has 13 heteroatoms. The number of fused-ring (bicyclic) bond motifs is 2. The Morgan fingerprint density at radius 1 is 0.833 bits per heavy atom. The van der Waals surface area contributed by atoms with Crippen LogP contribution in [-0.2, 0) is 0 Å². The van der Waals surface area contributed by atoms with Crippen LogP contribution < -0.4 is 10.5 Å². The van der Waals surface area contributed by atoms with Crippen molar-refractivity contribution >= 4 is 34.5 Å². The molecule has 0 amide bonds. The molecule has 0 radical (unpaired) electrons. The first-order chi connectivity index (χ1) is 20.1. The Balaban J connectivity index is 0.000000180. The van der Waals surface area contributed by atoms with E-state index < -0.39 is 11.5 Å². The molecular formula is C29H28Cl2FN9O. The monoisotopic (exact) mass is 607 g/mol. The Labute approximate surface area is 251 Å². The highest BCUT2D eigenvalue weighted by Crippen LogP contribution is 2.29. The van der Waals surface area contributed by atoms with Crippen molar-refractivity contribution in [3.63, 3.8) is 0 Å². The first-order valence-corrected chi connectivity index (χ1v) is 13.8. The number of rotatable bonds is 7. The van der Waals surface area contributed by atoms with Crippen molar-refractivity contribution in [1.82, 2.24) is 39.2 Å². The highest BCUT2D eigenvalue weighted by molar-refractivity contribution is 6.32. The molecule has 42 heavy (non-hydrogen) atoms. The van der Waals surface area contributed by atoms with Crippen LogP contribution in [0.25, 0.3) is 33.8 Å². The number of halogens is 3. The summed E-state index contributed by atoms with van der Waals surface area (Å²) in [6.07, 6.45) is 10.7. The molecule has 0 aromatic carbocycles. The second kappa shape index (κ2) is 12.4. The highest BCUT2D eigenvalue weighted by Gasteiger charge is 2.22. The third-order valence-corrected chi connectivity index (χ3v) is 6.72. The Bertz CT molecular complexity index is 1840. The summed E-state index contributed by atoms with van der Waals surface area (Å²) in [6, 6.07) is 10.6. The van der Waals surface area contributed by atoms with Gasteiger partial charge in [0.1, 0.15) is 11.6 Å². The summed E-state index contributed by atoms with van der Waals surface area (Å²) < 4.78 is 22.1. The molecule has 10 nitrogen and oxygen atoms in total. The van der Waals surface area contributed by atoms with Gasteiger partial charge in [0.15, 0.2) is 11.3 Å². The van der Waals surface area contributed by atoms with E-state index in [0.29, 0.717) is 34.6 Å². The molecule has 0 aliphatic carbocycles. The summed E-state index contributed by atoms with van der Waals surface area (Å²) in [5.74, 6) is 0.199. The van der Waals surface area contributed by atoms with E-state index in [2.05, 4.69) is 44.0 Å². The second-order valence-corrected chi connectivity index (χ2v) is 11.2. The van der Waals surface area contributed by atoms with Gasteiger partial charge >= 0.3 is 0 Å². The van der Waals surface area contributed by atoms with E-state index in [4.69, 9.17) is 33.7 Å². The van der Waals surface area contributed by atoms with Crippen molar-refractivity contribution in [3.05, 3.63) is 89.6 Å². The van der Waals surface area contributed by atoms with Gasteiger partial charge in [-0.25, -0.2) is 29.0 Å². The summed E-state index contributed by atoms with van der Waals surface area (Å²) in [6.45, 7) is 6.60. The molecule has 6 aromatic rings. The number of nitrogens with zero attached hydrogens (tertiary/aromatic N) is 8. The fourth-order valence-electron chi connectivity index (χ4n) is 4.56. The smallest absolute Gasteiger partial charge is 0.232 e. The van der Waals surface area contributed by atoms with Crippen molar-refractivity contribution in [1.29, 1.82) is 0 Å². The van der Waals surface area contributed by atoms with Crippen LogP contribution >= 0.6 is 23.2 Å². The van der Waals surface area contributed by atoms with Gasteiger partial charge in [-0.1, -0.05) is 37.0 Å². The minimum absolute atomic E-state index is 0.0142. The van der Waals surface area contributed by atoms with Crippen LogP contribution in [0, 0.1) is 11.9 Å². The first kappa shape index (κ1) is 29.3. The summed E-state index contributed by atoms with van der Waals surface area (Å²) in [5, 5.41) is 8.84. The zero-order valence-corrected chi connectivity index (χ0v) is 24.6. The molecule has 2 N–H and O–H groups in total. The molecule has 1 atom stereocenters. The summed E-state index contributed by atoms with van der Waals surface area (Å²) >= 11 is 12.1. The molecule has 6 rings (SSSR count). The lowest BCUT2D eigenvalue weighted by atomic mass is 9.93. The van der Waals surface area contributed by atoms with Gasteiger partial charge in [0.2, 0.25) is 11.8 Å². The lowest BCUT2D eigenvalue weighted by molar-refractivity contribution is 0.201. The molecule has 0 aliphatic heterocycles. The Morgan fingerprint density at radius 2 is 1.38 bits per heavy atom. The minimum atomic E-state index is -0.679. The van der Waals surface area contributed by atoms with Gasteiger partial charge in [-0.3, -0.25) is 0 Å². The third-order valence-electron chi connectivity index (χ3n) is 6.19. The average Bonchev–Trinajstić information content (AvgIpc) is 3.63. The van der Waals surface area contributed by atoms with Crippen molar-refractivity contribution < 1.29 is 9.13 Å².